The monoisotopic (exact) mass is 482 g/mol. The maximum atomic E-state index is 12.4. The van der Waals surface area contributed by atoms with Gasteiger partial charge < -0.3 is 14.6 Å². The lowest BCUT2D eigenvalue weighted by Crippen LogP contribution is -2.56. The predicted molar refractivity (Wildman–Crippen MR) is 143 cm³/mol. The van der Waals surface area contributed by atoms with Crippen LogP contribution >= 0.6 is 0 Å². The van der Waals surface area contributed by atoms with Crippen LogP contribution in [0, 0.1) is 0 Å². The van der Waals surface area contributed by atoms with Crippen LogP contribution in [0.3, 0.4) is 0 Å². The number of hydrogen-bond donors (Lipinski definition) is 1. The molecule has 0 radical (unpaired) electrons. The number of carboxylic acid groups (broad SMARTS) is 1. The van der Waals surface area contributed by atoms with Gasteiger partial charge in [0.05, 0.1) is 23.4 Å². The summed E-state index contributed by atoms with van der Waals surface area (Å²) in [6.45, 7) is 4.26. The summed E-state index contributed by atoms with van der Waals surface area (Å²) in [5, 5.41) is 10.2. The van der Waals surface area contributed by atoms with Crippen molar-refractivity contribution < 1.29 is 9.90 Å². The van der Waals surface area contributed by atoms with Gasteiger partial charge in [-0.1, -0.05) is 79.7 Å². The van der Waals surface area contributed by atoms with Gasteiger partial charge in [0.25, 0.3) is 0 Å². The van der Waals surface area contributed by atoms with Gasteiger partial charge in [-0.25, -0.2) is 9.78 Å². The van der Waals surface area contributed by atoms with E-state index >= 15 is 0 Å². The number of piperidine rings is 1. The summed E-state index contributed by atoms with van der Waals surface area (Å²) in [6.07, 6.45) is 3.52. The molecule has 36 heavy (non-hydrogen) atoms. The summed E-state index contributed by atoms with van der Waals surface area (Å²) in [4.78, 5) is 21.2. The molecule has 1 fully saturated rings. The Morgan fingerprint density at radius 2 is 1.58 bits per heavy atom. The minimum atomic E-state index is -0.827. The first-order chi connectivity index (χ1) is 17.6. The third-order valence-electron chi connectivity index (χ3n) is 7.53. The zero-order valence-corrected chi connectivity index (χ0v) is 20.8. The number of nitrogens with zero attached hydrogens (tertiary/aromatic N) is 4. The predicted octanol–water partition coefficient (Wildman–Crippen LogP) is 6.20. The third-order valence-corrected chi connectivity index (χ3v) is 7.53. The van der Waals surface area contributed by atoms with E-state index in [2.05, 4.69) is 76.0 Å². The van der Waals surface area contributed by atoms with Crippen molar-refractivity contribution in [2.45, 2.75) is 57.4 Å². The van der Waals surface area contributed by atoms with Gasteiger partial charge in [0, 0.05) is 31.7 Å². The molecule has 1 aliphatic rings. The van der Waals surface area contributed by atoms with E-state index in [-0.39, 0.29) is 18.1 Å². The van der Waals surface area contributed by atoms with E-state index in [0.717, 1.165) is 43.4 Å². The average Bonchev–Trinajstić information content (AvgIpc) is 3.34. The van der Waals surface area contributed by atoms with Crippen LogP contribution < -0.4 is 0 Å². The maximum Gasteiger partial charge on any atom is 0.407 e. The van der Waals surface area contributed by atoms with Gasteiger partial charge in [0.1, 0.15) is 0 Å². The lowest BCUT2D eigenvalue weighted by atomic mass is 9.89. The number of imidazole rings is 1. The fourth-order valence-corrected chi connectivity index (χ4v) is 5.80. The van der Waals surface area contributed by atoms with Crippen LogP contribution in [-0.4, -0.2) is 49.2 Å². The molecule has 1 amide bonds. The molecule has 0 bridgehead atoms. The normalized spacial score (nSPS) is 19.0. The number of para-hydroxylation sites is 2. The van der Waals surface area contributed by atoms with Crippen molar-refractivity contribution in [3.8, 4) is 0 Å². The van der Waals surface area contributed by atoms with Crippen LogP contribution in [0.5, 0.6) is 0 Å². The molecule has 1 N–H and O–H groups in total. The smallest absolute Gasteiger partial charge is 0.407 e. The molecular formula is C30H34N4O2. The second-order valence-electron chi connectivity index (χ2n) is 9.71. The van der Waals surface area contributed by atoms with Gasteiger partial charge in [-0.2, -0.15) is 0 Å². The first-order valence-corrected chi connectivity index (χ1v) is 12.9. The maximum absolute atomic E-state index is 12.4. The van der Waals surface area contributed by atoms with Crippen LogP contribution in [-0.2, 0) is 13.1 Å². The molecule has 1 aromatic heterocycles. The number of carbonyl (C=O) groups is 1. The number of fused-ring (bicyclic) bond motifs is 1. The van der Waals surface area contributed by atoms with Crippen molar-refractivity contribution >= 4 is 17.1 Å². The first kappa shape index (κ1) is 24.1. The number of rotatable bonds is 8. The summed E-state index contributed by atoms with van der Waals surface area (Å²) < 4.78 is 2.26. The Labute approximate surface area is 212 Å². The van der Waals surface area contributed by atoms with Crippen LogP contribution in [0.1, 0.15) is 43.4 Å². The summed E-state index contributed by atoms with van der Waals surface area (Å²) in [6, 6.07) is 29.3. The highest BCUT2D eigenvalue weighted by atomic mass is 16.4. The van der Waals surface area contributed by atoms with Crippen molar-refractivity contribution in [3.63, 3.8) is 0 Å². The Morgan fingerprint density at radius 1 is 0.972 bits per heavy atom. The van der Waals surface area contributed by atoms with Crippen LogP contribution in [0.4, 0.5) is 4.79 Å². The second-order valence-corrected chi connectivity index (χ2v) is 9.71. The minimum Gasteiger partial charge on any atom is -0.465 e. The molecule has 5 rings (SSSR count). The van der Waals surface area contributed by atoms with Crippen LogP contribution in [0.25, 0.3) is 11.0 Å². The molecule has 3 aromatic carbocycles. The quantitative estimate of drug-likeness (QED) is 0.325. The molecule has 0 spiro atoms. The number of aromatic nitrogens is 2. The summed E-state index contributed by atoms with van der Waals surface area (Å²) >= 11 is 0. The highest BCUT2D eigenvalue weighted by Crippen LogP contribution is 2.34. The molecule has 0 saturated carbocycles. The van der Waals surface area contributed by atoms with Gasteiger partial charge in [0.15, 0.2) is 0 Å². The number of hydrogen-bond acceptors (Lipinski definition) is 3. The third kappa shape index (κ3) is 5.14. The SMILES string of the molecule is CCC(C1CC(n2cnc3ccccc32)CCN1C(=O)O)N(Cc1ccccc1)Cc1ccccc1. The van der Waals surface area contributed by atoms with E-state index in [0.29, 0.717) is 6.54 Å². The molecule has 6 nitrogen and oxygen atoms in total. The molecular weight excluding hydrogens is 448 g/mol. The van der Waals surface area contributed by atoms with Crippen LogP contribution in [0.15, 0.2) is 91.3 Å². The van der Waals surface area contributed by atoms with Gasteiger partial charge in [0.2, 0.25) is 0 Å². The van der Waals surface area contributed by atoms with Crippen molar-refractivity contribution in [2.24, 2.45) is 0 Å². The molecule has 1 saturated heterocycles. The van der Waals surface area contributed by atoms with Gasteiger partial charge in [-0.3, -0.25) is 4.90 Å². The molecule has 0 aliphatic carbocycles. The van der Waals surface area contributed by atoms with Gasteiger partial charge >= 0.3 is 6.09 Å². The summed E-state index contributed by atoms with van der Waals surface area (Å²) in [5.41, 5.74) is 4.57. The summed E-state index contributed by atoms with van der Waals surface area (Å²) in [5.74, 6) is 0. The zero-order chi connectivity index (χ0) is 24.9. The Hall–Kier alpha value is -3.64. The topological polar surface area (TPSA) is 61.6 Å². The standard InChI is InChI=1S/C30H34N4O2/c1-2-27(32(20-23-11-5-3-6-12-23)21-24-13-7-4-8-14-24)29-19-25(17-18-33(29)30(35)36)34-22-31-26-15-9-10-16-28(26)34/h3-16,22,25,27,29H,2,17-21H2,1H3,(H,35,36). The van der Waals surface area contributed by atoms with E-state index in [1.54, 1.807) is 4.90 Å². The molecule has 2 heterocycles. The van der Waals surface area contributed by atoms with Crippen molar-refractivity contribution in [2.75, 3.05) is 6.54 Å². The van der Waals surface area contributed by atoms with Gasteiger partial charge in [-0.15, -0.1) is 0 Å². The number of amides is 1. The lowest BCUT2D eigenvalue weighted by Gasteiger charge is -2.46. The first-order valence-electron chi connectivity index (χ1n) is 12.9. The Morgan fingerprint density at radius 3 is 2.19 bits per heavy atom. The number of benzene rings is 3. The molecule has 1 aliphatic heterocycles. The highest BCUT2D eigenvalue weighted by molar-refractivity contribution is 5.75. The van der Waals surface area contributed by atoms with E-state index in [9.17, 15) is 9.90 Å². The largest absolute Gasteiger partial charge is 0.465 e. The van der Waals surface area contributed by atoms with E-state index in [4.69, 9.17) is 0 Å². The minimum absolute atomic E-state index is 0.0825. The highest BCUT2D eigenvalue weighted by Gasteiger charge is 2.39. The van der Waals surface area contributed by atoms with Gasteiger partial charge in [-0.05, 0) is 42.5 Å². The Bertz CT molecular complexity index is 1230. The lowest BCUT2D eigenvalue weighted by molar-refractivity contribution is 0.0296. The molecule has 6 heteroatoms. The zero-order valence-electron chi connectivity index (χ0n) is 20.8. The van der Waals surface area contributed by atoms with Crippen molar-refractivity contribution in [1.82, 2.24) is 19.4 Å². The fraction of sp³-hybridized carbons (Fsp3) is 0.333. The van der Waals surface area contributed by atoms with E-state index < -0.39 is 6.09 Å². The molecule has 3 unspecified atom stereocenters. The molecule has 3 atom stereocenters. The van der Waals surface area contributed by atoms with Crippen molar-refractivity contribution in [1.29, 1.82) is 0 Å². The van der Waals surface area contributed by atoms with Crippen LogP contribution in [0.2, 0.25) is 0 Å². The molecule has 186 valence electrons. The Kier molecular flexibility index (Phi) is 7.33. The second kappa shape index (κ2) is 11.0. The average molecular weight is 483 g/mol. The fourth-order valence-electron chi connectivity index (χ4n) is 5.80. The Balaban J connectivity index is 1.47. The van der Waals surface area contributed by atoms with E-state index in [1.807, 2.05) is 36.7 Å². The van der Waals surface area contributed by atoms with E-state index in [1.165, 1.54) is 11.1 Å². The number of likely N-dealkylation sites (tertiary alicyclic amines) is 1. The molecule has 4 aromatic rings. The summed E-state index contributed by atoms with van der Waals surface area (Å²) in [7, 11) is 0. The van der Waals surface area contributed by atoms with Crippen molar-refractivity contribution in [3.05, 3.63) is 102 Å².